The first-order chi connectivity index (χ1) is 11.1. The number of halogens is 2. The van der Waals surface area contributed by atoms with Crippen LogP contribution in [0.3, 0.4) is 0 Å². The van der Waals surface area contributed by atoms with Gasteiger partial charge in [-0.3, -0.25) is 4.79 Å². The summed E-state index contributed by atoms with van der Waals surface area (Å²) < 4.78 is 32.0. The fourth-order valence-electron chi connectivity index (χ4n) is 2.96. The second-order valence-electron chi connectivity index (χ2n) is 6.84. The van der Waals surface area contributed by atoms with Crippen molar-refractivity contribution >= 4 is 5.97 Å². The molecule has 0 aliphatic rings. The van der Waals surface area contributed by atoms with Crippen LogP contribution >= 0.6 is 0 Å². The summed E-state index contributed by atoms with van der Waals surface area (Å²) in [5, 5.41) is 11.1. The Morgan fingerprint density at radius 2 is 1.71 bits per heavy atom. The second-order valence-corrected chi connectivity index (χ2v) is 6.84. The molecule has 2 unspecified atom stereocenters. The first-order valence-corrected chi connectivity index (χ1v) is 8.41. The summed E-state index contributed by atoms with van der Waals surface area (Å²) in [4.78, 5) is 12.1. The van der Waals surface area contributed by atoms with Gasteiger partial charge in [0.25, 0.3) is 6.43 Å². The number of hydrogen-bond donors (Lipinski definition) is 1. The van der Waals surface area contributed by atoms with Crippen LogP contribution in [0.15, 0.2) is 24.3 Å². The third-order valence-corrected chi connectivity index (χ3v) is 4.21. The molecule has 0 saturated carbocycles. The van der Waals surface area contributed by atoms with Crippen LogP contribution in [0, 0.1) is 17.8 Å². The molecule has 24 heavy (non-hydrogen) atoms. The molecule has 2 atom stereocenters. The van der Waals surface area contributed by atoms with Gasteiger partial charge in [-0.15, -0.1) is 0 Å². The topological polar surface area (TPSA) is 46.5 Å². The van der Waals surface area contributed by atoms with Gasteiger partial charge in [0, 0.05) is 0 Å². The lowest BCUT2D eigenvalue weighted by Gasteiger charge is -2.38. The van der Waals surface area contributed by atoms with Crippen LogP contribution in [0.4, 0.5) is 8.78 Å². The van der Waals surface area contributed by atoms with Crippen molar-refractivity contribution in [3.8, 4) is 0 Å². The summed E-state index contributed by atoms with van der Waals surface area (Å²) in [7, 11) is 0. The molecule has 1 rings (SSSR count). The van der Waals surface area contributed by atoms with Crippen molar-refractivity contribution < 1.29 is 23.4 Å². The van der Waals surface area contributed by atoms with Crippen LogP contribution in [0.1, 0.15) is 45.7 Å². The number of aliphatic hydroxyl groups is 1. The van der Waals surface area contributed by atoms with Crippen molar-refractivity contribution in [2.24, 2.45) is 17.8 Å². The van der Waals surface area contributed by atoms with Crippen molar-refractivity contribution in [3.63, 3.8) is 0 Å². The van der Waals surface area contributed by atoms with Crippen LogP contribution in [-0.2, 0) is 21.6 Å². The van der Waals surface area contributed by atoms with Crippen LogP contribution in [0.5, 0.6) is 0 Å². The number of alkyl halides is 2. The fraction of sp³-hybridized carbons (Fsp3) is 0.632. The lowest BCUT2D eigenvalue weighted by atomic mass is 9.73. The van der Waals surface area contributed by atoms with Crippen molar-refractivity contribution in [1.29, 1.82) is 0 Å². The predicted octanol–water partition coefficient (Wildman–Crippen LogP) is 4.17. The minimum Gasteiger partial charge on any atom is -0.466 e. The SMILES string of the molecule is CCOC(=O)C(C(F)F)C(O)(c1ccc(CC(C)C)cc1)C(C)C. The molecule has 0 fully saturated rings. The van der Waals surface area contributed by atoms with Crippen LogP contribution < -0.4 is 0 Å². The first kappa shape index (κ1) is 20.6. The zero-order valence-electron chi connectivity index (χ0n) is 15.1. The summed E-state index contributed by atoms with van der Waals surface area (Å²) in [5.74, 6) is -3.12. The molecule has 0 amide bonds. The molecule has 0 spiro atoms. The monoisotopic (exact) mass is 342 g/mol. The Balaban J connectivity index is 3.29. The van der Waals surface area contributed by atoms with Gasteiger partial charge in [0.05, 0.1) is 6.61 Å². The molecule has 1 aromatic carbocycles. The Morgan fingerprint density at radius 3 is 2.08 bits per heavy atom. The lowest BCUT2D eigenvalue weighted by molar-refractivity contribution is -0.178. The van der Waals surface area contributed by atoms with Crippen LogP contribution in [0.25, 0.3) is 0 Å². The molecule has 3 nitrogen and oxygen atoms in total. The van der Waals surface area contributed by atoms with E-state index in [1.165, 1.54) is 0 Å². The fourth-order valence-corrected chi connectivity index (χ4v) is 2.96. The van der Waals surface area contributed by atoms with Gasteiger partial charge in [-0.05, 0) is 36.3 Å². The Kier molecular flexibility index (Phi) is 7.33. The van der Waals surface area contributed by atoms with E-state index in [-0.39, 0.29) is 6.61 Å². The van der Waals surface area contributed by atoms with Crippen LogP contribution in [-0.4, -0.2) is 24.1 Å². The standard InChI is InChI=1S/C19H28F2O3/c1-6-24-18(22)16(17(20)21)19(23,13(4)5)15-9-7-14(8-10-15)11-12(2)3/h7-10,12-13,16-17,23H,6,11H2,1-5H3. The number of esters is 1. The molecule has 0 bridgehead atoms. The van der Waals surface area contributed by atoms with Gasteiger partial charge in [0.1, 0.15) is 5.60 Å². The molecule has 0 aromatic heterocycles. The maximum absolute atomic E-state index is 13.6. The number of hydrogen-bond acceptors (Lipinski definition) is 3. The lowest BCUT2D eigenvalue weighted by Crippen LogP contribution is -2.48. The number of benzene rings is 1. The normalized spacial score (nSPS) is 15.6. The van der Waals surface area contributed by atoms with Crippen molar-refractivity contribution in [2.75, 3.05) is 6.61 Å². The van der Waals surface area contributed by atoms with Crippen molar-refractivity contribution in [2.45, 2.75) is 53.1 Å². The van der Waals surface area contributed by atoms with E-state index >= 15 is 0 Å². The molecule has 0 aliphatic heterocycles. The largest absolute Gasteiger partial charge is 0.466 e. The third kappa shape index (κ3) is 4.53. The maximum atomic E-state index is 13.6. The number of ether oxygens (including phenoxy) is 1. The van der Waals surface area contributed by atoms with E-state index in [4.69, 9.17) is 4.74 Å². The second kappa shape index (κ2) is 8.56. The molecule has 1 N–H and O–H groups in total. The molecule has 136 valence electrons. The molecule has 0 radical (unpaired) electrons. The van der Waals surface area contributed by atoms with E-state index in [1.807, 2.05) is 12.1 Å². The summed E-state index contributed by atoms with van der Waals surface area (Å²) >= 11 is 0. The molecule has 0 heterocycles. The number of rotatable bonds is 8. The van der Waals surface area contributed by atoms with Crippen LogP contribution in [0.2, 0.25) is 0 Å². The van der Waals surface area contributed by atoms with Gasteiger partial charge >= 0.3 is 5.97 Å². The van der Waals surface area contributed by atoms with E-state index in [0.717, 1.165) is 12.0 Å². The number of carbonyl (C=O) groups excluding carboxylic acids is 1. The Hall–Kier alpha value is -1.49. The summed E-state index contributed by atoms with van der Waals surface area (Å²) in [5.41, 5.74) is -0.621. The first-order valence-electron chi connectivity index (χ1n) is 8.41. The van der Waals surface area contributed by atoms with Gasteiger partial charge in [0.15, 0.2) is 5.92 Å². The molecule has 1 aromatic rings. The average Bonchev–Trinajstić information content (AvgIpc) is 2.46. The summed E-state index contributed by atoms with van der Waals surface area (Å²) in [6, 6.07) is 6.89. The minimum atomic E-state index is -3.02. The smallest absolute Gasteiger partial charge is 0.318 e. The number of carbonyl (C=O) groups is 1. The molecular weight excluding hydrogens is 314 g/mol. The molecular formula is C19H28F2O3. The van der Waals surface area contributed by atoms with E-state index in [0.29, 0.717) is 11.5 Å². The van der Waals surface area contributed by atoms with E-state index < -0.39 is 29.8 Å². The zero-order chi connectivity index (χ0) is 18.5. The van der Waals surface area contributed by atoms with Crippen molar-refractivity contribution in [1.82, 2.24) is 0 Å². The highest BCUT2D eigenvalue weighted by molar-refractivity contribution is 5.75. The van der Waals surface area contributed by atoms with Gasteiger partial charge < -0.3 is 9.84 Å². The Morgan fingerprint density at radius 1 is 1.17 bits per heavy atom. The van der Waals surface area contributed by atoms with E-state index in [1.54, 1.807) is 32.9 Å². The van der Waals surface area contributed by atoms with Gasteiger partial charge in [-0.1, -0.05) is 52.0 Å². The predicted molar refractivity (Wildman–Crippen MR) is 89.8 cm³/mol. The van der Waals surface area contributed by atoms with Crippen molar-refractivity contribution in [3.05, 3.63) is 35.4 Å². The Labute approximate surface area is 143 Å². The van der Waals surface area contributed by atoms with Gasteiger partial charge in [-0.2, -0.15) is 0 Å². The minimum absolute atomic E-state index is 0.0104. The highest BCUT2D eigenvalue weighted by Crippen LogP contribution is 2.41. The summed E-state index contributed by atoms with van der Waals surface area (Å²) in [6.07, 6.45) is -2.16. The average molecular weight is 342 g/mol. The van der Waals surface area contributed by atoms with Gasteiger partial charge in [0.2, 0.25) is 0 Å². The highest BCUT2D eigenvalue weighted by atomic mass is 19.3. The quantitative estimate of drug-likeness (QED) is 0.721. The zero-order valence-corrected chi connectivity index (χ0v) is 15.1. The molecule has 0 aliphatic carbocycles. The molecule has 5 heteroatoms. The highest BCUT2D eigenvalue weighted by Gasteiger charge is 2.51. The maximum Gasteiger partial charge on any atom is 0.318 e. The Bertz CT molecular complexity index is 526. The molecule has 0 saturated heterocycles. The van der Waals surface area contributed by atoms with E-state index in [2.05, 4.69) is 13.8 Å². The van der Waals surface area contributed by atoms with Gasteiger partial charge in [-0.25, -0.2) is 8.78 Å². The van der Waals surface area contributed by atoms with E-state index in [9.17, 15) is 18.7 Å². The summed E-state index contributed by atoms with van der Waals surface area (Å²) in [6.45, 7) is 8.96. The third-order valence-electron chi connectivity index (χ3n) is 4.21.